The van der Waals surface area contributed by atoms with Crippen molar-refractivity contribution in [3.8, 4) is 0 Å². The first-order valence-electron chi connectivity index (χ1n) is 32.2. The van der Waals surface area contributed by atoms with Crippen LogP contribution in [0.3, 0.4) is 0 Å². The second-order valence-electron chi connectivity index (χ2n) is 20.9. The van der Waals surface area contributed by atoms with Gasteiger partial charge < -0.3 is 14.2 Å². The SMILES string of the molecule is CC/C=C\C/C=C\C/C=C\C/C=C\C/C=C\C/C=C\C/C=C\CCCCCC(=O)OCC(COC(=O)CCCCCCCCCCCCCCCC)OC(=O)CCCCCCCCCC/C=C\C/C=C\C/C=C\C/C=C\CC. The Bertz CT molecular complexity index is 1670. The third-order valence-corrected chi connectivity index (χ3v) is 13.4. The summed E-state index contributed by atoms with van der Waals surface area (Å²) in [5.41, 5.74) is 0. The summed E-state index contributed by atoms with van der Waals surface area (Å²) in [7, 11) is 0. The van der Waals surface area contributed by atoms with Crippen LogP contribution < -0.4 is 0 Å². The Hall–Kier alpha value is -4.45. The molecule has 0 aliphatic rings. The van der Waals surface area contributed by atoms with Crippen LogP contribution in [0.5, 0.6) is 0 Å². The molecule has 0 amide bonds. The minimum Gasteiger partial charge on any atom is -0.462 e. The Morgan fingerprint density at radius 2 is 0.500 bits per heavy atom. The van der Waals surface area contributed by atoms with Crippen LogP contribution in [0.25, 0.3) is 0 Å². The number of allylic oxidation sites excluding steroid dienone is 22. The Morgan fingerprint density at radius 3 is 0.795 bits per heavy atom. The summed E-state index contributed by atoms with van der Waals surface area (Å²) in [5.74, 6) is -0.932. The minimum absolute atomic E-state index is 0.0936. The monoisotopic (exact) mass is 1080 g/mol. The zero-order chi connectivity index (χ0) is 56.4. The molecule has 0 fully saturated rings. The van der Waals surface area contributed by atoms with Crippen LogP contribution in [0, 0.1) is 0 Å². The van der Waals surface area contributed by atoms with Crippen LogP contribution in [0.4, 0.5) is 0 Å². The Labute approximate surface area is 481 Å². The number of rotatable bonds is 57. The molecule has 0 aliphatic carbocycles. The van der Waals surface area contributed by atoms with E-state index in [1.54, 1.807) is 0 Å². The topological polar surface area (TPSA) is 78.9 Å². The van der Waals surface area contributed by atoms with E-state index in [2.05, 4.69) is 154 Å². The fourth-order valence-corrected chi connectivity index (χ4v) is 8.65. The van der Waals surface area contributed by atoms with Gasteiger partial charge in [-0.3, -0.25) is 14.4 Å². The quantitative estimate of drug-likeness (QED) is 0.0261. The van der Waals surface area contributed by atoms with E-state index in [1.807, 2.05) is 0 Å². The average molecular weight is 1080 g/mol. The van der Waals surface area contributed by atoms with E-state index in [-0.39, 0.29) is 31.1 Å². The van der Waals surface area contributed by atoms with Crippen LogP contribution in [0.2, 0.25) is 0 Å². The van der Waals surface area contributed by atoms with Crippen LogP contribution in [-0.2, 0) is 28.6 Å². The molecule has 0 aliphatic heterocycles. The molecule has 6 nitrogen and oxygen atoms in total. The summed E-state index contributed by atoms with van der Waals surface area (Å²) in [4.78, 5) is 38.3. The van der Waals surface area contributed by atoms with Crippen LogP contribution >= 0.6 is 0 Å². The Kier molecular flexibility index (Phi) is 61.4. The number of carbonyl (C=O) groups excluding carboxylic acids is 3. The van der Waals surface area contributed by atoms with Gasteiger partial charge >= 0.3 is 17.9 Å². The minimum atomic E-state index is -0.801. The lowest BCUT2D eigenvalue weighted by Gasteiger charge is -2.18. The highest BCUT2D eigenvalue weighted by molar-refractivity contribution is 5.71. The molecule has 0 N–H and O–H groups in total. The summed E-state index contributed by atoms with van der Waals surface area (Å²) in [6, 6.07) is 0. The molecule has 0 radical (unpaired) electrons. The maximum atomic E-state index is 12.9. The van der Waals surface area contributed by atoms with Gasteiger partial charge in [0.15, 0.2) is 6.10 Å². The molecular formula is C72H118O6. The van der Waals surface area contributed by atoms with Gasteiger partial charge in [-0.1, -0.05) is 283 Å². The molecule has 442 valence electrons. The Balaban J connectivity index is 4.45. The van der Waals surface area contributed by atoms with Gasteiger partial charge in [0.25, 0.3) is 0 Å². The molecule has 0 rings (SSSR count). The highest BCUT2D eigenvalue weighted by Crippen LogP contribution is 2.16. The predicted molar refractivity (Wildman–Crippen MR) is 339 cm³/mol. The number of carbonyl (C=O) groups is 3. The van der Waals surface area contributed by atoms with E-state index in [9.17, 15) is 14.4 Å². The van der Waals surface area contributed by atoms with Gasteiger partial charge in [-0.05, 0) is 116 Å². The van der Waals surface area contributed by atoms with Crippen LogP contribution in [0.1, 0.15) is 284 Å². The number of unbranched alkanes of at least 4 members (excludes halogenated alkanes) is 24. The van der Waals surface area contributed by atoms with Crippen LogP contribution in [-0.4, -0.2) is 37.2 Å². The highest BCUT2D eigenvalue weighted by atomic mass is 16.6. The molecule has 78 heavy (non-hydrogen) atoms. The molecule has 0 aromatic heterocycles. The fraction of sp³-hybridized carbons (Fsp3) is 0.653. The molecule has 0 bridgehead atoms. The molecule has 0 heterocycles. The van der Waals surface area contributed by atoms with Gasteiger partial charge in [-0.25, -0.2) is 0 Å². The number of hydrogen-bond acceptors (Lipinski definition) is 6. The summed E-state index contributed by atoms with van der Waals surface area (Å²) in [5, 5.41) is 0. The number of esters is 3. The number of hydrogen-bond donors (Lipinski definition) is 0. The van der Waals surface area contributed by atoms with Crippen molar-refractivity contribution < 1.29 is 28.6 Å². The second kappa shape index (κ2) is 65.1. The molecule has 1 atom stereocenters. The molecule has 0 aromatic rings. The predicted octanol–water partition coefficient (Wildman–Crippen LogP) is 22.2. The van der Waals surface area contributed by atoms with E-state index >= 15 is 0 Å². The van der Waals surface area contributed by atoms with E-state index in [4.69, 9.17) is 14.2 Å². The van der Waals surface area contributed by atoms with Gasteiger partial charge in [-0.15, -0.1) is 0 Å². The van der Waals surface area contributed by atoms with Crippen molar-refractivity contribution in [3.63, 3.8) is 0 Å². The zero-order valence-corrected chi connectivity index (χ0v) is 50.6. The van der Waals surface area contributed by atoms with E-state index in [0.29, 0.717) is 19.3 Å². The van der Waals surface area contributed by atoms with Crippen molar-refractivity contribution in [3.05, 3.63) is 134 Å². The average Bonchev–Trinajstić information content (AvgIpc) is 3.44. The molecule has 0 saturated carbocycles. The first-order valence-corrected chi connectivity index (χ1v) is 32.2. The molecule has 0 saturated heterocycles. The van der Waals surface area contributed by atoms with Gasteiger partial charge in [0, 0.05) is 19.3 Å². The lowest BCUT2D eigenvalue weighted by Crippen LogP contribution is -2.30. The lowest BCUT2D eigenvalue weighted by atomic mass is 10.0. The van der Waals surface area contributed by atoms with Gasteiger partial charge in [-0.2, -0.15) is 0 Å². The maximum Gasteiger partial charge on any atom is 0.306 e. The van der Waals surface area contributed by atoms with Crippen LogP contribution in [0.15, 0.2) is 134 Å². The van der Waals surface area contributed by atoms with Crippen molar-refractivity contribution in [1.29, 1.82) is 0 Å². The fourth-order valence-electron chi connectivity index (χ4n) is 8.65. The zero-order valence-electron chi connectivity index (χ0n) is 50.6. The molecule has 0 aromatic carbocycles. The van der Waals surface area contributed by atoms with Crippen molar-refractivity contribution in [2.24, 2.45) is 0 Å². The van der Waals surface area contributed by atoms with Gasteiger partial charge in [0.2, 0.25) is 0 Å². The first-order chi connectivity index (χ1) is 38.5. The van der Waals surface area contributed by atoms with Crippen molar-refractivity contribution in [1.82, 2.24) is 0 Å². The summed E-state index contributed by atoms with van der Waals surface area (Å²) < 4.78 is 16.9. The van der Waals surface area contributed by atoms with Gasteiger partial charge in [0.1, 0.15) is 13.2 Å². The Morgan fingerprint density at radius 1 is 0.269 bits per heavy atom. The smallest absolute Gasteiger partial charge is 0.306 e. The van der Waals surface area contributed by atoms with Gasteiger partial charge in [0.05, 0.1) is 0 Å². The molecule has 0 spiro atoms. The number of ether oxygens (including phenoxy) is 3. The van der Waals surface area contributed by atoms with E-state index in [0.717, 1.165) is 141 Å². The third-order valence-electron chi connectivity index (χ3n) is 13.4. The normalized spacial score (nSPS) is 13.0. The third kappa shape index (κ3) is 62.4. The summed E-state index contributed by atoms with van der Waals surface area (Å²) in [6.07, 6.45) is 91.6. The molecular weight excluding hydrogens is 961 g/mol. The van der Waals surface area contributed by atoms with E-state index in [1.165, 1.54) is 103 Å². The maximum absolute atomic E-state index is 12.9. The largest absolute Gasteiger partial charge is 0.462 e. The van der Waals surface area contributed by atoms with Crippen molar-refractivity contribution >= 4 is 17.9 Å². The summed E-state index contributed by atoms with van der Waals surface area (Å²) in [6.45, 7) is 6.39. The van der Waals surface area contributed by atoms with Crippen molar-refractivity contribution in [2.75, 3.05) is 13.2 Å². The van der Waals surface area contributed by atoms with E-state index < -0.39 is 6.10 Å². The highest BCUT2D eigenvalue weighted by Gasteiger charge is 2.19. The standard InChI is InChI=1S/C72H118O6/c1-4-7-10-13-16-19-22-25-28-30-32-34-35-36-37-39-40-42-44-47-50-53-56-59-62-65-71(74)77-68-69(67-76-70(73)64-61-58-55-52-49-46-27-24-21-18-15-12-9-6-3)78-72(75)66-63-60-57-54-51-48-45-43-41-38-33-31-29-26-23-20-17-14-11-8-5-2/h7-8,10-11,16-17,19-20,25-26,28-29,32-34,36-38,40,42,47,50,69H,4-6,9,12-15,18,21-24,27,30-31,35,39,41,43-46,48-49,51-68H2,1-3H3/b10-7-,11-8-,19-16-,20-17-,28-25-,29-26-,34-32-,37-36-,38-33-,42-40-,50-47-. The first kappa shape index (κ1) is 73.5. The second-order valence-corrected chi connectivity index (χ2v) is 20.9. The van der Waals surface area contributed by atoms with Crippen molar-refractivity contribution in [2.45, 2.75) is 290 Å². The summed E-state index contributed by atoms with van der Waals surface area (Å²) >= 11 is 0. The molecule has 6 heteroatoms. The molecule has 1 unspecified atom stereocenters. The lowest BCUT2D eigenvalue weighted by molar-refractivity contribution is -0.167.